The van der Waals surface area contributed by atoms with Crippen molar-refractivity contribution in [2.45, 2.75) is 26.4 Å². The van der Waals surface area contributed by atoms with Crippen molar-refractivity contribution in [2.24, 2.45) is 0 Å². The van der Waals surface area contributed by atoms with Crippen LogP contribution in [-0.4, -0.2) is 21.1 Å². The minimum Gasteiger partial charge on any atom is -0.334 e. The van der Waals surface area contributed by atoms with Crippen LogP contribution in [0.15, 0.2) is 82.3 Å². The predicted octanol–water partition coefficient (Wildman–Crippen LogP) is 5.80. The largest absolute Gasteiger partial charge is 0.334 e. The van der Waals surface area contributed by atoms with Crippen LogP contribution < -0.4 is 5.32 Å². The molecule has 5 rings (SSSR count). The Morgan fingerprint density at radius 3 is 2.56 bits per heavy atom. The summed E-state index contributed by atoms with van der Waals surface area (Å²) in [6, 6.07) is 21.3. The van der Waals surface area contributed by atoms with E-state index in [4.69, 9.17) is 4.52 Å². The van der Waals surface area contributed by atoms with Gasteiger partial charge in [-0.25, -0.2) is 4.79 Å². The molecule has 7 heteroatoms. The molecule has 0 radical (unpaired) electrons. The van der Waals surface area contributed by atoms with Gasteiger partial charge in [0.25, 0.3) is 5.89 Å². The maximum atomic E-state index is 13.2. The summed E-state index contributed by atoms with van der Waals surface area (Å²) in [5, 5.41) is 9.33. The summed E-state index contributed by atoms with van der Waals surface area (Å²) in [5.41, 5.74) is 4.79. The van der Waals surface area contributed by atoms with Crippen LogP contribution in [0.25, 0.3) is 16.3 Å². The highest BCUT2D eigenvalue weighted by Gasteiger charge is 2.35. The molecule has 1 aliphatic rings. The Balaban J connectivity index is 1.61. The quantitative estimate of drug-likeness (QED) is 0.424. The molecule has 160 valence electrons. The molecule has 0 fully saturated rings. The smallest absolute Gasteiger partial charge is 0.322 e. The van der Waals surface area contributed by atoms with E-state index in [9.17, 15) is 4.79 Å². The normalized spacial score (nSPS) is 16.4. The van der Waals surface area contributed by atoms with Crippen LogP contribution in [0.1, 0.15) is 35.5 Å². The fourth-order valence-corrected chi connectivity index (χ4v) is 4.59. The molecule has 1 N–H and O–H groups in total. The number of hydrogen-bond acceptors (Lipinski definition) is 5. The van der Waals surface area contributed by atoms with E-state index in [1.807, 2.05) is 73.0 Å². The van der Waals surface area contributed by atoms with Gasteiger partial charge in [0, 0.05) is 5.70 Å². The lowest BCUT2D eigenvalue weighted by atomic mass is 9.94. The number of nitrogens with one attached hydrogen (secondary N) is 1. The number of carbonyl (C=O) groups excluding carboxylic acids is 1. The topological polar surface area (TPSA) is 71.3 Å². The number of aryl methyl sites for hydroxylation is 1. The van der Waals surface area contributed by atoms with Gasteiger partial charge in [0.1, 0.15) is 0 Å². The van der Waals surface area contributed by atoms with Gasteiger partial charge >= 0.3 is 6.03 Å². The van der Waals surface area contributed by atoms with Crippen LogP contribution in [0, 0.1) is 6.92 Å². The number of allylic oxidation sites excluding steroid dienone is 1. The average molecular weight is 443 g/mol. The van der Waals surface area contributed by atoms with Crippen LogP contribution in [0.2, 0.25) is 0 Å². The molecule has 1 aliphatic heterocycles. The zero-order valence-corrected chi connectivity index (χ0v) is 18.6. The molecule has 6 nitrogen and oxygen atoms in total. The van der Waals surface area contributed by atoms with Crippen molar-refractivity contribution >= 4 is 22.9 Å². The number of urea groups is 1. The molecular formula is C25H22N4O2S. The van der Waals surface area contributed by atoms with E-state index >= 15 is 0 Å². The molecule has 0 saturated carbocycles. The summed E-state index contributed by atoms with van der Waals surface area (Å²) in [4.78, 5) is 20.6. The highest BCUT2D eigenvalue weighted by molar-refractivity contribution is 7.13. The van der Waals surface area contributed by atoms with Crippen molar-refractivity contribution in [2.75, 3.05) is 0 Å². The molecule has 0 bridgehead atoms. The minimum atomic E-state index is -0.381. The Bertz CT molecular complexity index is 1280. The van der Waals surface area contributed by atoms with Gasteiger partial charge < -0.3 is 9.84 Å². The Labute approximate surface area is 190 Å². The van der Waals surface area contributed by atoms with E-state index in [2.05, 4.69) is 28.4 Å². The maximum Gasteiger partial charge on any atom is 0.322 e. The number of carbonyl (C=O) groups is 1. The summed E-state index contributed by atoms with van der Waals surface area (Å²) in [7, 11) is 0. The van der Waals surface area contributed by atoms with Crippen LogP contribution in [0.4, 0.5) is 4.79 Å². The Morgan fingerprint density at radius 1 is 1.03 bits per heavy atom. The second-order valence-corrected chi connectivity index (χ2v) is 8.65. The summed E-state index contributed by atoms with van der Waals surface area (Å²) >= 11 is 1.56. The molecule has 32 heavy (non-hydrogen) atoms. The fraction of sp³-hybridized carbons (Fsp3) is 0.160. The van der Waals surface area contributed by atoms with Crippen molar-refractivity contribution in [1.29, 1.82) is 0 Å². The molecule has 1 unspecified atom stereocenters. The summed E-state index contributed by atoms with van der Waals surface area (Å²) in [6.07, 6.45) is 0. The summed E-state index contributed by atoms with van der Waals surface area (Å²) in [6.45, 7) is 4.45. The SMILES string of the molecule is CC1=C(c2nc(-c3cccs3)no2)C(c2ccccc2)NC(=O)N1Cc1ccccc1C. The first kappa shape index (κ1) is 20.2. The van der Waals surface area contributed by atoms with E-state index in [1.165, 1.54) is 0 Å². The number of aromatic nitrogens is 2. The van der Waals surface area contributed by atoms with Gasteiger partial charge in [0.15, 0.2) is 0 Å². The summed E-state index contributed by atoms with van der Waals surface area (Å²) < 4.78 is 5.72. The van der Waals surface area contributed by atoms with Gasteiger partial charge in [0.2, 0.25) is 5.82 Å². The fourth-order valence-electron chi connectivity index (χ4n) is 3.94. The highest BCUT2D eigenvalue weighted by atomic mass is 32.1. The third-order valence-corrected chi connectivity index (χ3v) is 6.58. The second kappa shape index (κ2) is 8.43. The van der Waals surface area contributed by atoms with Crippen molar-refractivity contribution in [3.63, 3.8) is 0 Å². The van der Waals surface area contributed by atoms with E-state index < -0.39 is 0 Å². The lowest BCUT2D eigenvalue weighted by molar-refractivity contribution is 0.203. The highest BCUT2D eigenvalue weighted by Crippen LogP contribution is 2.38. The number of hydrogen-bond donors (Lipinski definition) is 1. The third kappa shape index (κ3) is 3.71. The van der Waals surface area contributed by atoms with Gasteiger partial charge in [-0.15, -0.1) is 11.3 Å². The van der Waals surface area contributed by atoms with Crippen molar-refractivity contribution < 1.29 is 9.32 Å². The van der Waals surface area contributed by atoms with E-state index in [-0.39, 0.29) is 12.1 Å². The average Bonchev–Trinajstić information content (AvgIpc) is 3.50. The standard InChI is InChI=1S/C25H22N4O2S/c1-16-9-6-7-12-19(16)15-29-17(2)21(22(26-25(29)30)18-10-4-3-5-11-18)24-27-23(28-31-24)20-13-8-14-32-20/h3-14,22H,15H2,1-2H3,(H,26,30). The van der Waals surface area contributed by atoms with Crippen LogP contribution >= 0.6 is 11.3 Å². The van der Waals surface area contributed by atoms with Gasteiger partial charge in [0.05, 0.1) is 23.0 Å². The van der Waals surface area contributed by atoms with Gasteiger partial charge in [-0.3, -0.25) is 4.90 Å². The Hall–Kier alpha value is -3.71. The van der Waals surface area contributed by atoms with Crippen molar-refractivity contribution in [3.8, 4) is 10.7 Å². The number of rotatable bonds is 5. The second-order valence-electron chi connectivity index (χ2n) is 7.71. The molecule has 0 aliphatic carbocycles. The van der Waals surface area contributed by atoms with Crippen LogP contribution in [-0.2, 0) is 6.54 Å². The van der Waals surface area contributed by atoms with E-state index in [0.29, 0.717) is 18.3 Å². The molecule has 0 spiro atoms. The number of amides is 2. The molecule has 2 aromatic heterocycles. The zero-order chi connectivity index (χ0) is 22.1. The third-order valence-electron chi connectivity index (χ3n) is 5.72. The number of thiophene rings is 1. The molecule has 2 amide bonds. The first-order valence-corrected chi connectivity index (χ1v) is 11.3. The molecule has 2 aromatic carbocycles. The first-order valence-electron chi connectivity index (χ1n) is 10.4. The maximum absolute atomic E-state index is 13.2. The van der Waals surface area contributed by atoms with Gasteiger partial charge in [-0.05, 0) is 42.0 Å². The summed E-state index contributed by atoms with van der Waals surface area (Å²) in [5.74, 6) is 0.957. The molecule has 3 heterocycles. The Morgan fingerprint density at radius 2 is 1.81 bits per heavy atom. The molecule has 1 atom stereocenters. The Kier molecular flexibility index (Phi) is 5.33. The lowest BCUT2D eigenvalue weighted by Gasteiger charge is -2.35. The van der Waals surface area contributed by atoms with E-state index in [0.717, 1.165) is 32.8 Å². The molecular weight excluding hydrogens is 420 g/mol. The van der Waals surface area contributed by atoms with Crippen LogP contribution in [0.3, 0.4) is 0 Å². The molecule has 0 saturated heterocycles. The monoisotopic (exact) mass is 442 g/mol. The minimum absolute atomic E-state index is 0.152. The van der Waals surface area contributed by atoms with Gasteiger partial charge in [-0.2, -0.15) is 4.98 Å². The van der Waals surface area contributed by atoms with E-state index in [1.54, 1.807) is 16.2 Å². The zero-order valence-electron chi connectivity index (χ0n) is 17.8. The number of nitrogens with zero attached hydrogens (tertiary/aromatic N) is 3. The van der Waals surface area contributed by atoms with Crippen molar-refractivity contribution in [1.82, 2.24) is 20.4 Å². The van der Waals surface area contributed by atoms with Crippen LogP contribution in [0.5, 0.6) is 0 Å². The first-order chi connectivity index (χ1) is 15.6. The van der Waals surface area contributed by atoms with Gasteiger partial charge in [-0.1, -0.05) is 65.8 Å². The van der Waals surface area contributed by atoms with Crippen molar-refractivity contribution in [3.05, 3.63) is 100 Å². The predicted molar refractivity (Wildman–Crippen MR) is 125 cm³/mol. The molecule has 4 aromatic rings. The number of benzene rings is 2. The lowest BCUT2D eigenvalue weighted by Crippen LogP contribution is -2.45.